The Morgan fingerprint density at radius 3 is 2.10 bits per heavy atom. The molecule has 1 heterocycles. The highest BCUT2D eigenvalue weighted by Crippen LogP contribution is 2.25. The fraction of sp³-hybridized carbons (Fsp3) is 0.643. The third kappa shape index (κ3) is 14.5. The first-order valence-corrected chi connectivity index (χ1v) is 21.7. The molecule has 1 aromatic heterocycles. The standard InChI is InChI=1S/C42H68N4O5S/c1-6-10-28-44(29-11-7-2)30-16-33-50-40-24-21-37(22-25-40)42(47)35(5)20-23-39(18-15-27-43)45(31-12-8-3)38(9-4)34-52(48,49)51-46-32-26-36-17-13-14-19-41(36)46/h13-14,17,19,21-22,24-26,32,35,38-39H,6-12,15-16,18,20,23,27-31,33-34,43H2,1-5H3. The number of aromatic nitrogens is 1. The summed E-state index contributed by atoms with van der Waals surface area (Å²) in [4.78, 5) is 18.5. The van der Waals surface area contributed by atoms with E-state index in [4.69, 9.17) is 14.8 Å². The van der Waals surface area contributed by atoms with Gasteiger partial charge in [0.2, 0.25) is 0 Å². The molecular formula is C42H68N4O5S. The maximum atomic E-state index is 13.6. The SMILES string of the molecule is CCCCN(CCCC)CCCOc1ccc(C(=O)C(C)CCC(CCCN)N(CCCC)C(CC)CS(=O)(=O)On2ccc3ccccc32)cc1. The summed E-state index contributed by atoms with van der Waals surface area (Å²) in [5, 5.41) is 0.918. The molecular weight excluding hydrogens is 673 g/mol. The van der Waals surface area contributed by atoms with Crippen molar-refractivity contribution in [1.82, 2.24) is 14.5 Å². The smallest absolute Gasteiger partial charge is 0.328 e. The molecule has 9 nitrogen and oxygen atoms in total. The van der Waals surface area contributed by atoms with Crippen molar-refractivity contribution < 1.29 is 22.2 Å². The highest BCUT2D eigenvalue weighted by atomic mass is 32.2. The van der Waals surface area contributed by atoms with E-state index in [2.05, 4.69) is 30.6 Å². The van der Waals surface area contributed by atoms with Crippen LogP contribution in [-0.4, -0.2) is 85.9 Å². The number of ether oxygens (including phenoxy) is 1. The zero-order valence-corrected chi connectivity index (χ0v) is 33.6. The van der Waals surface area contributed by atoms with Gasteiger partial charge in [0.15, 0.2) is 5.78 Å². The molecule has 0 saturated heterocycles. The summed E-state index contributed by atoms with van der Waals surface area (Å²) >= 11 is 0. The highest BCUT2D eigenvalue weighted by molar-refractivity contribution is 7.86. The molecule has 3 atom stereocenters. The average Bonchev–Trinajstić information content (AvgIpc) is 3.55. The number of hydrogen-bond acceptors (Lipinski definition) is 8. The van der Waals surface area contributed by atoms with Crippen molar-refractivity contribution in [1.29, 1.82) is 0 Å². The molecule has 0 fully saturated rings. The Bertz CT molecular complexity index is 1520. The Balaban J connectivity index is 1.61. The molecule has 52 heavy (non-hydrogen) atoms. The van der Waals surface area contributed by atoms with Gasteiger partial charge in [0, 0.05) is 41.7 Å². The number of fused-ring (bicyclic) bond motifs is 1. The normalized spacial score (nSPS) is 13.8. The number of carbonyl (C=O) groups is 1. The van der Waals surface area contributed by atoms with Gasteiger partial charge in [-0.15, -0.1) is 0 Å². The van der Waals surface area contributed by atoms with Crippen LogP contribution >= 0.6 is 0 Å². The summed E-state index contributed by atoms with van der Waals surface area (Å²) in [6.45, 7) is 16.0. The Hall–Kier alpha value is -2.92. The molecule has 0 radical (unpaired) electrons. The van der Waals surface area contributed by atoms with Gasteiger partial charge in [-0.1, -0.05) is 72.1 Å². The summed E-state index contributed by atoms with van der Waals surface area (Å²) in [6.07, 6.45) is 13.3. The molecule has 3 aromatic rings. The van der Waals surface area contributed by atoms with E-state index in [0.717, 1.165) is 75.8 Å². The predicted octanol–water partition coefficient (Wildman–Crippen LogP) is 8.36. The van der Waals surface area contributed by atoms with Crippen LogP contribution < -0.4 is 14.8 Å². The van der Waals surface area contributed by atoms with Crippen molar-refractivity contribution in [2.45, 2.75) is 124 Å². The number of carbonyl (C=O) groups excluding carboxylic acids is 1. The summed E-state index contributed by atoms with van der Waals surface area (Å²) < 4.78 is 40.0. The van der Waals surface area contributed by atoms with E-state index in [1.807, 2.05) is 68.4 Å². The van der Waals surface area contributed by atoms with Crippen molar-refractivity contribution in [2.24, 2.45) is 11.7 Å². The zero-order valence-electron chi connectivity index (χ0n) is 32.8. The van der Waals surface area contributed by atoms with Crippen LogP contribution in [0.5, 0.6) is 5.75 Å². The number of ketones is 1. The van der Waals surface area contributed by atoms with Gasteiger partial charge in [-0.25, -0.2) is 0 Å². The second-order valence-corrected chi connectivity index (χ2v) is 16.0. The number of benzene rings is 2. The van der Waals surface area contributed by atoms with Gasteiger partial charge in [0.05, 0.1) is 12.1 Å². The molecule has 0 aliphatic carbocycles. The summed E-state index contributed by atoms with van der Waals surface area (Å²) in [5.74, 6) is 0.624. The van der Waals surface area contributed by atoms with E-state index >= 15 is 0 Å². The molecule has 0 spiro atoms. The van der Waals surface area contributed by atoms with Crippen LogP contribution in [0.25, 0.3) is 10.9 Å². The van der Waals surface area contributed by atoms with E-state index in [-0.39, 0.29) is 29.5 Å². The van der Waals surface area contributed by atoms with Crippen LogP contribution in [0.2, 0.25) is 0 Å². The number of para-hydroxylation sites is 1. The Kier molecular flexibility index (Phi) is 19.8. The summed E-state index contributed by atoms with van der Waals surface area (Å²) in [6, 6.07) is 16.9. The second kappa shape index (κ2) is 23.7. The maximum absolute atomic E-state index is 13.6. The van der Waals surface area contributed by atoms with Crippen LogP contribution in [0.1, 0.15) is 122 Å². The van der Waals surface area contributed by atoms with Gasteiger partial charge in [-0.2, -0.15) is 13.1 Å². The third-order valence-electron chi connectivity index (χ3n) is 10.1. The number of nitrogens with two attached hydrogens (primary N) is 1. The first-order valence-electron chi connectivity index (χ1n) is 20.1. The van der Waals surface area contributed by atoms with Gasteiger partial charge in [0.1, 0.15) is 11.5 Å². The predicted molar refractivity (Wildman–Crippen MR) is 216 cm³/mol. The lowest BCUT2D eigenvalue weighted by molar-refractivity contribution is 0.0890. The number of hydrogen-bond donors (Lipinski definition) is 1. The van der Waals surface area contributed by atoms with Crippen LogP contribution in [-0.2, 0) is 10.1 Å². The van der Waals surface area contributed by atoms with Gasteiger partial charge in [-0.05, 0) is 120 Å². The quantitative estimate of drug-likeness (QED) is 0.0559. The van der Waals surface area contributed by atoms with E-state index in [9.17, 15) is 13.2 Å². The largest absolute Gasteiger partial charge is 0.494 e. The second-order valence-electron chi connectivity index (χ2n) is 14.4. The van der Waals surface area contributed by atoms with Crippen molar-refractivity contribution in [3.63, 3.8) is 0 Å². The number of rotatable bonds is 29. The van der Waals surface area contributed by atoms with Crippen LogP contribution in [0.3, 0.4) is 0 Å². The van der Waals surface area contributed by atoms with Gasteiger partial charge in [-0.3, -0.25) is 14.0 Å². The lowest BCUT2D eigenvalue weighted by Crippen LogP contribution is -2.48. The van der Waals surface area contributed by atoms with Crippen molar-refractivity contribution in [3.8, 4) is 5.75 Å². The third-order valence-corrected chi connectivity index (χ3v) is 11.3. The molecule has 3 unspecified atom stereocenters. The Morgan fingerprint density at radius 1 is 0.788 bits per heavy atom. The molecule has 0 aliphatic rings. The fourth-order valence-corrected chi connectivity index (χ4v) is 8.28. The first kappa shape index (κ1) is 43.5. The molecule has 292 valence electrons. The molecule has 3 rings (SSSR count). The number of unbranched alkanes of at least 4 members (excludes halogenated alkanes) is 3. The summed E-state index contributed by atoms with van der Waals surface area (Å²) in [5.41, 5.74) is 7.39. The maximum Gasteiger partial charge on any atom is 0.328 e. The molecule has 0 amide bonds. The molecule has 0 bridgehead atoms. The number of Topliss-reactive ketones (excluding diaryl/α,β-unsaturated/α-hetero) is 1. The molecule has 10 heteroatoms. The minimum Gasteiger partial charge on any atom is -0.494 e. The minimum absolute atomic E-state index is 0.105. The van der Waals surface area contributed by atoms with E-state index in [0.29, 0.717) is 37.1 Å². The van der Waals surface area contributed by atoms with Crippen LogP contribution in [0, 0.1) is 5.92 Å². The van der Waals surface area contributed by atoms with E-state index in [1.165, 1.54) is 30.4 Å². The van der Waals surface area contributed by atoms with E-state index in [1.54, 1.807) is 6.20 Å². The van der Waals surface area contributed by atoms with Gasteiger partial charge in [0.25, 0.3) is 0 Å². The van der Waals surface area contributed by atoms with Gasteiger partial charge >= 0.3 is 10.1 Å². The highest BCUT2D eigenvalue weighted by Gasteiger charge is 2.31. The van der Waals surface area contributed by atoms with Gasteiger partial charge < -0.3 is 15.4 Å². The minimum atomic E-state index is -3.90. The van der Waals surface area contributed by atoms with Crippen LogP contribution in [0.4, 0.5) is 0 Å². The molecule has 0 saturated carbocycles. The average molecular weight is 741 g/mol. The van der Waals surface area contributed by atoms with Crippen molar-refractivity contribution >= 4 is 26.8 Å². The first-order chi connectivity index (χ1) is 25.2. The van der Waals surface area contributed by atoms with Crippen molar-refractivity contribution in [3.05, 3.63) is 66.4 Å². The van der Waals surface area contributed by atoms with E-state index < -0.39 is 10.1 Å². The monoisotopic (exact) mass is 740 g/mol. The lowest BCUT2D eigenvalue weighted by atomic mass is 9.91. The number of nitrogens with zero attached hydrogens (tertiary/aromatic N) is 3. The topological polar surface area (TPSA) is 107 Å². The Labute approximate surface area is 315 Å². The zero-order chi connectivity index (χ0) is 37.8. The summed E-state index contributed by atoms with van der Waals surface area (Å²) in [7, 11) is -3.90. The molecule has 2 aromatic carbocycles. The van der Waals surface area contributed by atoms with Crippen molar-refractivity contribution in [2.75, 3.05) is 45.1 Å². The Morgan fingerprint density at radius 2 is 1.44 bits per heavy atom. The fourth-order valence-electron chi connectivity index (χ4n) is 6.94. The molecule has 2 N–H and O–H groups in total. The van der Waals surface area contributed by atoms with Crippen LogP contribution in [0.15, 0.2) is 60.8 Å². The molecule has 0 aliphatic heterocycles. The lowest BCUT2D eigenvalue weighted by Gasteiger charge is -2.38.